The van der Waals surface area contributed by atoms with Gasteiger partial charge in [-0.15, -0.1) is 24.4 Å². The van der Waals surface area contributed by atoms with Crippen molar-refractivity contribution >= 4 is 36.0 Å². The van der Waals surface area contributed by atoms with Crippen molar-refractivity contribution in [2.45, 2.75) is 16.7 Å². The SMILES string of the molecule is CSc1cccc(NC(C)=O)c1S. The van der Waals surface area contributed by atoms with Gasteiger partial charge in [0.2, 0.25) is 5.91 Å². The molecule has 0 fully saturated rings. The monoisotopic (exact) mass is 213 g/mol. The van der Waals surface area contributed by atoms with Crippen LogP contribution >= 0.6 is 24.4 Å². The molecular weight excluding hydrogens is 202 g/mol. The van der Waals surface area contributed by atoms with Crippen molar-refractivity contribution in [1.82, 2.24) is 0 Å². The number of nitrogens with one attached hydrogen (secondary N) is 1. The molecule has 13 heavy (non-hydrogen) atoms. The highest BCUT2D eigenvalue weighted by atomic mass is 32.2. The van der Waals surface area contributed by atoms with Crippen molar-refractivity contribution in [1.29, 1.82) is 0 Å². The van der Waals surface area contributed by atoms with Crippen molar-refractivity contribution in [3.63, 3.8) is 0 Å². The molecule has 0 unspecified atom stereocenters. The molecule has 1 N–H and O–H groups in total. The average molecular weight is 213 g/mol. The Balaban J connectivity index is 3.01. The quantitative estimate of drug-likeness (QED) is 0.584. The Labute approximate surface area is 87.5 Å². The largest absolute Gasteiger partial charge is 0.325 e. The van der Waals surface area contributed by atoms with Crippen LogP contribution in [-0.4, -0.2) is 12.2 Å². The molecule has 1 rings (SSSR count). The molecule has 0 aliphatic rings. The second-order valence-corrected chi connectivity index (χ2v) is 3.83. The summed E-state index contributed by atoms with van der Waals surface area (Å²) >= 11 is 5.94. The van der Waals surface area contributed by atoms with Gasteiger partial charge in [-0.25, -0.2) is 0 Å². The second kappa shape index (κ2) is 4.58. The molecule has 0 saturated heterocycles. The maximum atomic E-state index is 10.8. The number of carbonyl (C=O) groups is 1. The molecule has 1 amide bonds. The molecular formula is C9H11NOS2. The first-order valence-corrected chi connectivity index (χ1v) is 5.46. The highest BCUT2D eigenvalue weighted by molar-refractivity contribution is 7.99. The Hall–Kier alpha value is -0.610. The maximum Gasteiger partial charge on any atom is 0.221 e. The summed E-state index contributed by atoms with van der Waals surface area (Å²) in [4.78, 5) is 12.7. The number of thioether (sulfide) groups is 1. The third-order valence-corrected chi connectivity index (χ3v) is 2.94. The van der Waals surface area contributed by atoms with Gasteiger partial charge in [-0.3, -0.25) is 4.79 Å². The Bertz CT molecular complexity index is 325. The minimum Gasteiger partial charge on any atom is -0.325 e. The molecule has 0 radical (unpaired) electrons. The van der Waals surface area contributed by atoms with Crippen molar-refractivity contribution in [2.75, 3.05) is 11.6 Å². The molecule has 4 heteroatoms. The van der Waals surface area contributed by atoms with Crippen LogP contribution in [-0.2, 0) is 4.79 Å². The summed E-state index contributed by atoms with van der Waals surface area (Å²) in [5.41, 5.74) is 0.766. The molecule has 0 atom stereocenters. The lowest BCUT2D eigenvalue weighted by molar-refractivity contribution is -0.114. The summed E-state index contributed by atoms with van der Waals surface area (Å²) in [6.45, 7) is 1.49. The lowest BCUT2D eigenvalue weighted by atomic mass is 10.3. The Morgan fingerprint density at radius 2 is 2.23 bits per heavy atom. The fraction of sp³-hybridized carbons (Fsp3) is 0.222. The molecule has 0 saturated carbocycles. The first-order valence-electron chi connectivity index (χ1n) is 3.78. The van der Waals surface area contributed by atoms with E-state index in [0.29, 0.717) is 0 Å². The van der Waals surface area contributed by atoms with Crippen molar-refractivity contribution < 1.29 is 4.79 Å². The van der Waals surface area contributed by atoms with Gasteiger partial charge in [0, 0.05) is 16.7 Å². The predicted molar refractivity (Wildman–Crippen MR) is 59.8 cm³/mol. The van der Waals surface area contributed by atoms with E-state index in [1.807, 2.05) is 24.5 Å². The van der Waals surface area contributed by atoms with E-state index in [2.05, 4.69) is 17.9 Å². The van der Waals surface area contributed by atoms with Crippen LogP contribution in [0.2, 0.25) is 0 Å². The van der Waals surface area contributed by atoms with E-state index in [1.165, 1.54) is 6.92 Å². The number of benzene rings is 1. The number of rotatable bonds is 2. The summed E-state index contributed by atoms with van der Waals surface area (Å²) in [7, 11) is 0. The van der Waals surface area contributed by atoms with E-state index in [4.69, 9.17) is 0 Å². The fourth-order valence-corrected chi connectivity index (χ4v) is 1.97. The Kier molecular flexibility index (Phi) is 3.69. The average Bonchev–Trinajstić information content (AvgIpc) is 2.08. The van der Waals surface area contributed by atoms with Crippen molar-refractivity contribution in [2.24, 2.45) is 0 Å². The lowest BCUT2D eigenvalue weighted by Gasteiger charge is -2.08. The minimum atomic E-state index is -0.0754. The van der Waals surface area contributed by atoms with Crippen LogP contribution in [0, 0.1) is 0 Å². The van der Waals surface area contributed by atoms with Crippen LogP contribution in [0.5, 0.6) is 0 Å². The number of carbonyl (C=O) groups excluding carboxylic acids is 1. The zero-order chi connectivity index (χ0) is 9.84. The number of thiol groups is 1. The van der Waals surface area contributed by atoms with Crippen molar-refractivity contribution in [3.8, 4) is 0 Å². The molecule has 0 aliphatic carbocycles. The maximum absolute atomic E-state index is 10.8. The van der Waals surface area contributed by atoms with E-state index < -0.39 is 0 Å². The number of hydrogen-bond donors (Lipinski definition) is 2. The number of amides is 1. The summed E-state index contributed by atoms with van der Waals surface area (Å²) in [6, 6.07) is 5.71. The molecule has 70 valence electrons. The van der Waals surface area contributed by atoms with E-state index in [-0.39, 0.29) is 5.91 Å². The summed E-state index contributed by atoms with van der Waals surface area (Å²) in [6.07, 6.45) is 1.98. The molecule has 0 spiro atoms. The van der Waals surface area contributed by atoms with Crippen LogP contribution in [0.4, 0.5) is 5.69 Å². The highest BCUT2D eigenvalue weighted by Crippen LogP contribution is 2.30. The molecule has 1 aromatic carbocycles. The van der Waals surface area contributed by atoms with Crippen LogP contribution in [0.25, 0.3) is 0 Å². The Morgan fingerprint density at radius 3 is 2.77 bits per heavy atom. The van der Waals surface area contributed by atoms with Gasteiger partial charge in [0.1, 0.15) is 0 Å². The second-order valence-electron chi connectivity index (χ2n) is 2.54. The van der Waals surface area contributed by atoms with Crippen molar-refractivity contribution in [3.05, 3.63) is 18.2 Å². The first kappa shape index (κ1) is 10.5. The van der Waals surface area contributed by atoms with E-state index >= 15 is 0 Å². The van der Waals surface area contributed by atoms with Crippen LogP contribution in [0.15, 0.2) is 28.0 Å². The van der Waals surface area contributed by atoms with E-state index in [0.717, 1.165) is 15.5 Å². The van der Waals surface area contributed by atoms with Gasteiger partial charge in [-0.1, -0.05) is 6.07 Å². The van der Waals surface area contributed by atoms with E-state index in [1.54, 1.807) is 11.8 Å². The fourth-order valence-electron chi connectivity index (χ4n) is 0.978. The summed E-state index contributed by atoms with van der Waals surface area (Å²) in [5.74, 6) is -0.0754. The van der Waals surface area contributed by atoms with Gasteiger partial charge in [-0.05, 0) is 18.4 Å². The molecule has 1 aromatic rings. The molecule has 0 heterocycles. The Morgan fingerprint density at radius 1 is 1.54 bits per heavy atom. The molecule has 2 nitrogen and oxygen atoms in total. The number of hydrogen-bond acceptors (Lipinski definition) is 3. The third kappa shape index (κ3) is 2.67. The van der Waals surface area contributed by atoms with Crippen LogP contribution in [0.1, 0.15) is 6.92 Å². The van der Waals surface area contributed by atoms with E-state index in [9.17, 15) is 4.79 Å². The highest BCUT2D eigenvalue weighted by Gasteiger charge is 2.04. The van der Waals surface area contributed by atoms with Crippen LogP contribution < -0.4 is 5.32 Å². The van der Waals surface area contributed by atoms with Gasteiger partial charge < -0.3 is 5.32 Å². The molecule has 0 aromatic heterocycles. The lowest BCUT2D eigenvalue weighted by Crippen LogP contribution is -2.06. The third-order valence-electron chi connectivity index (χ3n) is 1.53. The van der Waals surface area contributed by atoms with Gasteiger partial charge >= 0.3 is 0 Å². The summed E-state index contributed by atoms with van der Waals surface area (Å²) < 4.78 is 0. The van der Waals surface area contributed by atoms with Gasteiger partial charge in [0.05, 0.1) is 5.69 Å². The smallest absolute Gasteiger partial charge is 0.221 e. The topological polar surface area (TPSA) is 29.1 Å². The van der Waals surface area contributed by atoms with Gasteiger partial charge in [-0.2, -0.15) is 0 Å². The predicted octanol–water partition coefficient (Wildman–Crippen LogP) is 2.66. The standard InChI is InChI=1S/C9H11NOS2/c1-6(11)10-7-4-3-5-8(13-2)9(7)12/h3-5,12H,1-2H3,(H,10,11). The minimum absolute atomic E-state index is 0.0754. The first-order chi connectivity index (χ1) is 6.15. The normalized spacial score (nSPS) is 9.77. The van der Waals surface area contributed by atoms with Crippen LogP contribution in [0.3, 0.4) is 0 Å². The van der Waals surface area contributed by atoms with Gasteiger partial charge in [0.25, 0.3) is 0 Å². The molecule has 0 aliphatic heterocycles. The summed E-state index contributed by atoms with van der Waals surface area (Å²) in [5, 5.41) is 2.72. The molecule has 0 bridgehead atoms. The zero-order valence-electron chi connectivity index (χ0n) is 7.50. The zero-order valence-corrected chi connectivity index (χ0v) is 9.21. The number of anilines is 1. The van der Waals surface area contributed by atoms with Gasteiger partial charge in [0.15, 0.2) is 0 Å².